The van der Waals surface area contributed by atoms with Crippen molar-refractivity contribution >= 4 is 17.5 Å². The lowest BCUT2D eigenvalue weighted by Crippen LogP contribution is -2.25. The molecule has 0 heterocycles. The summed E-state index contributed by atoms with van der Waals surface area (Å²) in [5.41, 5.74) is 7.09. The summed E-state index contributed by atoms with van der Waals surface area (Å²) in [6, 6.07) is 7.73. The Morgan fingerprint density at radius 3 is 2.16 bits per heavy atom. The Balaban J connectivity index is 2.68. The highest BCUT2D eigenvalue weighted by Crippen LogP contribution is 2.23. The lowest BCUT2D eigenvalue weighted by molar-refractivity contribution is -0.125. The van der Waals surface area contributed by atoms with E-state index in [-0.39, 0.29) is 17.7 Å². The Morgan fingerprint density at radius 2 is 1.74 bits per heavy atom. The van der Waals surface area contributed by atoms with Crippen LogP contribution in [0.25, 0.3) is 0 Å². The van der Waals surface area contributed by atoms with Gasteiger partial charge in [0.1, 0.15) is 0 Å². The molecule has 0 bridgehead atoms. The van der Waals surface area contributed by atoms with Gasteiger partial charge in [0.05, 0.1) is 0 Å². The van der Waals surface area contributed by atoms with Crippen LogP contribution in [0.5, 0.6) is 0 Å². The number of carbonyl (C=O) groups is 2. The summed E-state index contributed by atoms with van der Waals surface area (Å²) >= 11 is 0. The number of rotatable bonds is 4. The van der Waals surface area contributed by atoms with E-state index in [9.17, 15) is 9.59 Å². The molecule has 3 N–H and O–H groups in total. The van der Waals surface area contributed by atoms with Crippen LogP contribution >= 0.6 is 0 Å². The van der Waals surface area contributed by atoms with Gasteiger partial charge in [-0.05, 0) is 23.1 Å². The number of benzene rings is 1. The van der Waals surface area contributed by atoms with Gasteiger partial charge in [-0.2, -0.15) is 0 Å². The molecule has 0 aliphatic heterocycles. The van der Waals surface area contributed by atoms with Crippen molar-refractivity contribution in [2.45, 2.75) is 39.5 Å². The summed E-state index contributed by atoms with van der Waals surface area (Å²) in [7, 11) is 0. The Bertz CT molecular complexity index is 458. The van der Waals surface area contributed by atoms with Gasteiger partial charge in [0.25, 0.3) is 0 Å². The first kappa shape index (κ1) is 15.2. The molecule has 2 amide bonds. The van der Waals surface area contributed by atoms with Crippen LogP contribution in [0.3, 0.4) is 0 Å². The number of amides is 2. The van der Waals surface area contributed by atoms with Crippen LogP contribution in [-0.4, -0.2) is 11.8 Å². The molecule has 0 aromatic heterocycles. The minimum absolute atomic E-state index is 0.0614. The molecule has 1 unspecified atom stereocenters. The topological polar surface area (TPSA) is 72.2 Å². The molecular weight excluding hydrogens is 240 g/mol. The highest BCUT2D eigenvalue weighted by Gasteiger charge is 2.16. The van der Waals surface area contributed by atoms with E-state index in [2.05, 4.69) is 26.1 Å². The fraction of sp³-hybridized carbons (Fsp3) is 0.467. The summed E-state index contributed by atoms with van der Waals surface area (Å²) in [5.74, 6) is -1.08. The number of carbonyl (C=O) groups excluding carboxylic acids is 2. The van der Waals surface area contributed by atoms with E-state index in [0.717, 1.165) is 5.69 Å². The lowest BCUT2D eigenvalue weighted by atomic mass is 9.87. The fourth-order valence-corrected chi connectivity index (χ4v) is 1.71. The maximum atomic E-state index is 11.8. The van der Waals surface area contributed by atoms with Gasteiger partial charge >= 0.3 is 0 Å². The number of hydrogen-bond donors (Lipinski definition) is 2. The van der Waals surface area contributed by atoms with Crippen LogP contribution in [0.1, 0.15) is 39.7 Å². The van der Waals surface area contributed by atoms with Crippen LogP contribution in [0.4, 0.5) is 5.69 Å². The maximum absolute atomic E-state index is 11.8. The quantitative estimate of drug-likeness (QED) is 0.874. The summed E-state index contributed by atoms with van der Waals surface area (Å²) in [6.45, 7) is 8.09. The Kier molecular flexibility index (Phi) is 4.70. The SMILES string of the molecule is CC(CC(N)=O)C(=O)Nc1ccc(C(C)(C)C)cc1. The predicted octanol–water partition coefficient (Wildman–Crippen LogP) is 2.43. The molecule has 0 aliphatic carbocycles. The Morgan fingerprint density at radius 1 is 1.21 bits per heavy atom. The maximum Gasteiger partial charge on any atom is 0.227 e. The van der Waals surface area contributed by atoms with E-state index in [1.165, 1.54) is 5.56 Å². The molecule has 0 fully saturated rings. The summed E-state index contributed by atoms with van der Waals surface area (Å²) in [5, 5.41) is 2.78. The predicted molar refractivity (Wildman–Crippen MR) is 76.7 cm³/mol. The summed E-state index contributed by atoms with van der Waals surface area (Å²) < 4.78 is 0. The number of nitrogens with one attached hydrogen (secondary N) is 1. The molecule has 0 spiro atoms. The molecule has 1 aromatic rings. The van der Waals surface area contributed by atoms with Gasteiger partial charge in [-0.3, -0.25) is 9.59 Å². The van der Waals surface area contributed by atoms with Crippen molar-refractivity contribution in [1.82, 2.24) is 0 Å². The van der Waals surface area contributed by atoms with Gasteiger partial charge in [-0.25, -0.2) is 0 Å². The van der Waals surface area contributed by atoms with E-state index >= 15 is 0 Å². The first-order chi connectivity index (χ1) is 8.70. The zero-order valence-corrected chi connectivity index (χ0v) is 12.0. The number of anilines is 1. The van der Waals surface area contributed by atoms with E-state index in [1.54, 1.807) is 6.92 Å². The van der Waals surface area contributed by atoms with Gasteiger partial charge < -0.3 is 11.1 Å². The zero-order chi connectivity index (χ0) is 14.6. The van der Waals surface area contributed by atoms with Gasteiger partial charge in [0, 0.05) is 18.0 Å². The molecule has 1 aromatic carbocycles. The standard InChI is InChI=1S/C15H22N2O2/c1-10(9-13(16)18)14(19)17-12-7-5-11(6-8-12)15(2,3)4/h5-8,10H,9H2,1-4H3,(H2,16,18)(H,17,19). The third-order valence-electron chi connectivity index (χ3n) is 2.97. The molecule has 0 saturated heterocycles. The van der Waals surface area contributed by atoms with E-state index < -0.39 is 11.8 Å². The van der Waals surface area contributed by atoms with Crippen molar-refractivity contribution in [2.75, 3.05) is 5.32 Å². The largest absolute Gasteiger partial charge is 0.370 e. The smallest absolute Gasteiger partial charge is 0.227 e. The van der Waals surface area contributed by atoms with Gasteiger partial charge in [0.15, 0.2) is 0 Å². The van der Waals surface area contributed by atoms with Gasteiger partial charge in [0.2, 0.25) is 11.8 Å². The lowest BCUT2D eigenvalue weighted by Gasteiger charge is -2.19. The van der Waals surface area contributed by atoms with Crippen molar-refractivity contribution in [3.8, 4) is 0 Å². The Labute approximate surface area is 114 Å². The van der Waals surface area contributed by atoms with E-state index in [0.29, 0.717) is 0 Å². The first-order valence-corrected chi connectivity index (χ1v) is 6.40. The summed E-state index contributed by atoms with van der Waals surface area (Å²) in [4.78, 5) is 22.6. The summed E-state index contributed by atoms with van der Waals surface area (Å²) in [6.07, 6.45) is 0.0614. The number of hydrogen-bond acceptors (Lipinski definition) is 2. The van der Waals surface area contributed by atoms with Crippen molar-refractivity contribution in [1.29, 1.82) is 0 Å². The second-order valence-corrected chi connectivity index (χ2v) is 5.89. The van der Waals surface area contributed by atoms with Crippen molar-refractivity contribution < 1.29 is 9.59 Å². The average molecular weight is 262 g/mol. The molecule has 0 aliphatic rings. The normalized spacial score (nSPS) is 12.8. The highest BCUT2D eigenvalue weighted by molar-refractivity contribution is 5.94. The molecule has 0 radical (unpaired) electrons. The first-order valence-electron chi connectivity index (χ1n) is 6.40. The fourth-order valence-electron chi connectivity index (χ4n) is 1.71. The van der Waals surface area contributed by atoms with Gasteiger partial charge in [-0.1, -0.05) is 39.8 Å². The van der Waals surface area contributed by atoms with Crippen LogP contribution in [0.15, 0.2) is 24.3 Å². The van der Waals surface area contributed by atoms with E-state index in [1.807, 2.05) is 24.3 Å². The molecular formula is C15H22N2O2. The molecule has 4 heteroatoms. The van der Waals surface area contributed by atoms with Crippen LogP contribution in [0.2, 0.25) is 0 Å². The second-order valence-electron chi connectivity index (χ2n) is 5.89. The molecule has 1 atom stereocenters. The third-order valence-corrected chi connectivity index (χ3v) is 2.97. The van der Waals surface area contributed by atoms with Crippen molar-refractivity contribution in [3.63, 3.8) is 0 Å². The van der Waals surface area contributed by atoms with Crippen LogP contribution in [-0.2, 0) is 15.0 Å². The molecule has 4 nitrogen and oxygen atoms in total. The highest BCUT2D eigenvalue weighted by atomic mass is 16.2. The molecule has 1 rings (SSSR count). The molecule has 0 saturated carbocycles. The average Bonchev–Trinajstić information content (AvgIpc) is 2.27. The van der Waals surface area contributed by atoms with Crippen molar-refractivity contribution in [3.05, 3.63) is 29.8 Å². The molecule has 19 heavy (non-hydrogen) atoms. The number of nitrogens with two attached hydrogens (primary N) is 1. The third kappa shape index (κ3) is 4.73. The van der Waals surface area contributed by atoms with Crippen molar-refractivity contribution in [2.24, 2.45) is 11.7 Å². The van der Waals surface area contributed by atoms with Crippen LogP contribution in [0, 0.1) is 5.92 Å². The molecule has 104 valence electrons. The van der Waals surface area contributed by atoms with E-state index in [4.69, 9.17) is 5.73 Å². The van der Waals surface area contributed by atoms with Gasteiger partial charge in [-0.15, -0.1) is 0 Å². The van der Waals surface area contributed by atoms with Crippen LogP contribution < -0.4 is 11.1 Å². The second kappa shape index (κ2) is 5.87. The monoisotopic (exact) mass is 262 g/mol. The minimum Gasteiger partial charge on any atom is -0.370 e. The number of primary amides is 1. The zero-order valence-electron chi connectivity index (χ0n) is 12.0. The Hall–Kier alpha value is -1.84. The minimum atomic E-state index is -0.467.